The van der Waals surface area contributed by atoms with Gasteiger partial charge >= 0.3 is 0 Å². The molecule has 19 heavy (non-hydrogen) atoms. The van der Waals surface area contributed by atoms with Crippen LogP contribution in [0.4, 0.5) is 0 Å². The summed E-state index contributed by atoms with van der Waals surface area (Å²) in [7, 11) is 3.67. The molecule has 104 valence electrons. The lowest BCUT2D eigenvalue weighted by Crippen LogP contribution is -2.36. The molecule has 0 spiro atoms. The largest absolute Gasteiger partial charge is 0.492 e. The maximum Gasteiger partial charge on any atom is 0.257 e. The van der Waals surface area contributed by atoms with Crippen molar-refractivity contribution in [3.8, 4) is 11.5 Å². The zero-order valence-electron chi connectivity index (χ0n) is 11.6. The van der Waals surface area contributed by atoms with Crippen LogP contribution >= 0.6 is 0 Å². The number of nitrogens with one attached hydrogen (secondary N) is 1. The molecule has 5 heteroatoms. The first-order valence-corrected chi connectivity index (χ1v) is 6.45. The fourth-order valence-electron chi connectivity index (χ4n) is 1.87. The fourth-order valence-corrected chi connectivity index (χ4v) is 1.87. The van der Waals surface area contributed by atoms with Crippen LogP contribution in [0.1, 0.15) is 17.3 Å². The molecule has 2 rings (SSSR count). The highest BCUT2D eigenvalue weighted by Crippen LogP contribution is 2.28. The molecule has 1 amide bonds. The van der Waals surface area contributed by atoms with Gasteiger partial charge in [-0.2, -0.15) is 0 Å². The molecule has 1 heterocycles. The number of carbonyl (C=O) groups is 1. The summed E-state index contributed by atoms with van der Waals surface area (Å²) in [6.07, 6.45) is 0. The Morgan fingerprint density at radius 2 is 2.32 bits per heavy atom. The van der Waals surface area contributed by atoms with Gasteiger partial charge in [-0.3, -0.25) is 4.79 Å². The number of likely N-dealkylation sites (N-methyl/N-ethyl adjacent to an activating group) is 2. The van der Waals surface area contributed by atoms with Gasteiger partial charge in [0.25, 0.3) is 5.91 Å². The van der Waals surface area contributed by atoms with Gasteiger partial charge in [0, 0.05) is 19.7 Å². The third-order valence-electron chi connectivity index (χ3n) is 3.27. The highest BCUT2D eigenvalue weighted by atomic mass is 16.5. The molecular weight excluding hydrogens is 244 g/mol. The molecular formula is C14H20N2O3. The molecule has 1 aromatic rings. The first kappa shape index (κ1) is 13.7. The highest BCUT2D eigenvalue weighted by molar-refractivity contribution is 5.97. The van der Waals surface area contributed by atoms with Crippen molar-refractivity contribution in [3.63, 3.8) is 0 Å². The molecule has 1 N–H and O–H groups in total. The van der Waals surface area contributed by atoms with E-state index in [1.165, 1.54) is 0 Å². The standard InChI is InChI=1S/C14H20N2O3/c1-10-9-19-13-8-11(18-7-6-15-2)4-5-12(13)14(17)16(10)3/h4-5,8,10,15H,6-7,9H2,1-3H3. The third kappa shape index (κ3) is 2.98. The molecule has 0 aromatic heterocycles. The molecule has 5 nitrogen and oxygen atoms in total. The van der Waals surface area contributed by atoms with E-state index in [4.69, 9.17) is 9.47 Å². The van der Waals surface area contributed by atoms with Crippen molar-refractivity contribution in [1.29, 1.82) is 0 Å². The van der Waals surface area contributed by atoms with Gasteiger partial charge in [0.2, 0.25) is 0 Å². The van der Waals surface area contributed by atoms with E-state index in [0.29, 0.717) is 24.5 Å². The summed E-state index contributed by atoms with van der Waals surface area (Å²) in [4.78, 5) is 13.9. The number of fused-ring (bicyclic) bond motifs is 1. The van der Waals surface area contributed by atoms with Crippen LogP contribution in [0.5, 0.6) is 11.5 Å². The Labute approximate surface area is 113 Å². The first-order valence-electron chi connectivity index (χ1n) is 6.45. The Morgan fingerprint density at radius 1 is 1.53 bits per heavy atom. The van der Waals surface area contributed by atoms with Crippen molar-refractivity contribution in [2.75, 3.05) is 33.9 Å². The number of nitrogens with zero attached hydrogens (tertiary/aromatic N) is 1. The van der Waals surface area contributed by atoms with E-state index >= 15 is 0 Å². The molecule has 1 aromatic carbocycles. The third-order valence-corrected chi connectivity index (χ3v) is 3.27. The second-order valence-electron chi connectivity index (χ2n) is 4.69. The lowest BCUT2D eigenvalue weighted by atomic mass is 10.1. The Hall–Kier alpha value is -1.75. The maximum absolute atomic E-state index is 12.2. The molecule has 0 bridgehead atoms. The van der Waals surface area contributed by atoms with E-state index in [-0.39, 0.29) is 11.9 Å². The molecule has 0 radical (unpaired) electrons. The van der Waals surface area contributed by atoms with E-state index in [1.807, 2.05) is 14.0 Å². The minimum absolute atomic E-state index is 0.0122. The van der Waals surface area contributed by atoms with Crippen LogP contribution in [0, 0.1) is 0 Å². The monoisotopic (exact) mass is 264 g/mol. The topological polar surface area (TPSA) is 50.8 Å². The zero-order valence-corrected chi connectivity index (χ0v) is 11.6. The van der Waals surface area contributed by atoms with Crippen LogP contribution in [0.25, 0.3) is 0 Å². The second-order valence-corrected chi connectivity index (χ2v) is 4.69. The van der Waals surface area contributed by atoms with Crippen molar-refractivity contribution >= 4 is 5.91 Å². The molecule has 1 atom stereocenters. The number of rotatable bonds is 4. The Kier molecular flexibility index (Phi) is 4.27. The van der Waals surface area contributed by atoms with Crippen LogP contribution in [-0.2, 0) is 0 Å². The lowest BCUT2D eigenvalue weighted by Gasteiger charge is -2.20. The van der Waals surface area contributed by atoms with Gasteiger partial charge in [-0.05, 0) is 26.1 Å². The first-order chi connectivity index (χ1) is 9.13. The SMILES string of the molecule is CNCCOc1ccc2c(c1)OCC(C)N(C)C2=O. The summed E-state index contributed by atoms with van der Waals surface area (Å²) >= 11 is 0. The average Bonchev–Trinajstić information content (AvgIpc) is 2.52. The summed E-state index contributed by atoms with van der Waals surface area (Å²) in [6, 6.07) is 5.42. The lowest BCUT2D eigenvalue weighted by molar-refractivity contribution is 0.0732. The normalized spacial score (nSPS) is 18.6. The van der Waals surface area contributed by atoms with Crippen molar-refractivity contribution in [2.45, 2.75) is 13.0 Å². The Balaban J connectivity index is 2.19. The van der Waals surface area contributed by atoms with Gasteiger partial charge in [-0.1, -0.05) is 0 Å². The van der Waals surface area contributed by atoms with Crippen LogP contribution < -0.4 is 14.8 Å². The second kappa shape index (κ2) is 5.93. The molecule has 1 aliphatic rings. The summed E-state index contributed by atoms with van der Waals surface area (Å²) < 4.78 is 11.3. The van der Waals surface area contributed by atoms with E-state index in [0.717, 1.165) is 12.3 Å². The van der Waals surface area contributed by atoms with E-state index in [1.54, 1.807) is 30.1 Å². The number of carbonyl (C=O) groups excluding carboxylic acids is 1. The Morgan fingerprint density at radius 3 is 3.05 bits per heavy atom. The van der Waals surface area contributed by atoms with Crippen LogP contribution in [0.2, 0.25) is 0 Å². The van der Waals surface area contributed by atoms with Gasteiger partial charge in [0.15, 0.2) is 0 Å². The van der Waals surface area contributed by atoms with Gasteiger partial charge in [-0.15, -0.1) is 0 Å². The summed E-state index contributed by atoms with van der Waals surface area (Å²) in [5.74, 6) is 1.31. The minimum atomic E-state index is -0.0122. The van der Waals surface area contributed by atoms with Crippen LogP contribution in [-0.4, -0.2) is 50.7 Å². The average molecular weight is 264 g/mol. The quantitative estimate of drug-likeness (QED) is 0.829. The van der Waals surface area contributed by atoms with Gasteiger partial charge in [-0.25, -0.2) is 0 Å². The summed E-state index contributed by atoms with van der Waals surface area (Å²) in [6.45, 7) is 3.82. The number of hydrogen-bond donors (Lipinski definition) is 1. The van der Waals surface area contributed by atoms with Gasteiger partial charge < -0.3 is 19.7 Å². The molecule has 0 saturated heterocycles. The smallest absolute Gasteiger partial charge is 0.257 e. The molecule has 0 saturated carbocycles. The maximum atomic E-state index is 12.2. The molecule has 0 fully saturated rings. The van der Waals surface area contributed by atoms with Crippen LogP contribution in [0.15, 0.2) is 18.2 Å². The van der Waals surface area contributed by atoms with Crippen molar-refractivity contribution in [1.82, 2.24) is 10.2 Å². The Bertz CT molecular complexity index is 462. The number of hydrogen-bond acceptors (Lipinski definition) is 4. The van der Waals surface area contributed by atoms with Crippen molar-refractivity contribution in [3.05, 3.63) is 23.8 Å². The number of amides is 1. The summed E-state index contributed by atoms with van der Waals surface area (Å²) in [5.41, 5.74) is 0.591. The molecule has 1 aliphatic heterocycles. The van der Waals surface area contributed by atoms with E-state index < -0.39 is 0 Å². The van der Waals surface area contributed by atoms with Gasteiger partial charge in [0.05, 0.1) is 11.6 Å². The number of ether oxygens (including phenoxy) is 2. The van der Waals surface area contributed by atoms with Crippen molar-refractivity contribution < 1.29 is 14.3 Å². The number of benzene rings is 1. The van der Waals surface area contributed by atoms with Gasteiger partial charge in [0.1, 0.15) is 24.7 Å². The predicted molar refractivity (Wildman–Crippen MR) is 72.9 cm³/mol. The molecule has 1 unspecified atom stereocenters. The predicted octanol–water partition coefficient (Wildman–Crippen LogP) is 1.14. The van der Waals surface area contributed by atoms with E-state index in [2.05, 4.69) is 5.32 Å². The van der Waals surface area contributed by atoms with Crippen molar-refractivity contribution in [2.24, 2.45) is 0 Å². The fraction of sp³-hybridized carbons (Fsp3) is 0.500. The molecule has 0 aliphatic carbocycles. The summed E-state index contributed by atoms with van der Waals surface area (Å²) in [5, 5.41) is 3.01. The van der Waals surface area contributed by atoms with Crippen LogP contribution in [0.3, 0.4) is 0 Å². The minimum Gasteiger partial charge on any atom is -0.492 e. The highest BCUT2D eigenvalue weighted by Gasteiger charge is 2.25. The zero-order chi connectivity index (χ0) is 13.8. The van der Waals surface area contributed by atoms with E-state index in [9.17, 15) is 4.79 Å².